The van der Waals surface area contributed by atoms with E-state index >= 15 is 0 Å². The van der Waals surface area contributed by atoms with Crippen molar-refractivity contribution in [1.82, 2.24) is 0 Å². The number of hydrogen-bond donors (Lipinski definition) is 2. The van der Waals surface area contributed by atoms with Crippen LogP contribution in [-0.2, 0) is 9.59 Å². The van der Waals surface area contributed by atoms with E-state index in [0.29, 0.717) is 38.5 Å². The zero-order valence-corrected chi connectivity index (χ0v) is 19.1. The second-order valence-electron chi connectivity index (χ2n) is 7.89. The van der Waals surface area contributed by atoms with Crippen LogP contribution in [0.2, 0.25) is 0 Å². The summed E-state index contributed by atoms with van der Waals surface area (Å²) in [7, 11) is 0. The number of rotatable bonds is 6. The van der Waals surface area contributed by atoms with Crippen LogP contribution in [0.25, 0.3) is 0 Å². The number of aliphatic carboxylic acids is 2. The Morgan fingerprint density at radius 2 is 1.00 bits per heavy atom. The third-order valence-corrected chi connectivity index (χ3v) is 6.12. The van der Waals surface area contributed by atoms with Crippen LogP contribution in [0.5, 0.6) is 0 Å². The Morgan fingerprint density at radius 3 is 1.19 bits per heavy atom. The Kier molecular flexibility index (Phi) is 12.7. The normalized spacial score (nSPS) is 23.0. The predicted molar refractivity (Wildman–Crippen MR) is 99.4 cm³/mol. The van der Waals surface area contributed by atoms with E-state index in [9.17, 15) is 30.0 Å². The Labute approximate surface area is 192 Å². The molecule has 27 heavy (non-hydrogen) atoms. The number of carbonyl (C=O) groups is 2. The molecule has 2 N–H and O–H groups in total. The van der Waals surface area contributed by atoms with Crippen molar-refractivity contribution in [1.29, 1.82) is 0 Å². The van der Waals surface area contributed by atoms with Crippen molar-refractivity contribution in [2.45, 2.75) is 102 Å². The molecule has 0 aromatic rings. The second kappa shape index (κ2) is 12.6. The van der Waals surface area contributed by atoms with Gasteiger partial charge in [0.05, 0.1) is 11.2 Å². The molecule has 154 valence electrons. The predicted octanol–water partition coefficient (Wildman–Crippen LogP) is 0.535. The second-order valence-corrected chi connectivity index (χ2v) is 7.89. The summed E-state index contributed by atoms with van der Waals surface area (Å²) in [6, 6.07) is 0. The molecule has 2 saturated carbocycles. The summed E-state index contributed by atoms with van der Waals surface area (Å²) in [5.74, 6) is -3.58. The first-order valence-electron chi connectivity index (χ1n) is 10.1. The largest absolute Gasteiger partial charge is 0.550 e. The third kappa shape index (κ3) is 7.81. The quantitative estimate of drug-likeness (QED) is 0.616. The Balaban J connectivity index is 0.000000483. The minimum atomic E-state index is -1.10. The topological polar surface area (TPSA) is 121 Å². The van der Waals surface area contributed by atoms with E-state index in [1.165, 1.54) is 0 Å². The van der Waals surface area contributed by atoms with Gasteiger partial charge in [0.2, 0.25) is 0 Å². The molecular formula is C20H34CaO6-2. The van der Waals surface area contributed by atoms with Crippen molar-refractivity contribution in [3.05, 3.63) is 0 Å². The summed E-state index contributed by atoms with van der Waals surface area (Å²) in [4.78, 5) is 21.5. The first-order valence-corrected chi connectivity index (χ1v) is 10.1. The molecule has 0 aliphatic heterocycles. The van der Waals surface area contributed by atoms with Gasteiger partial charge in [-0.15, -0.1) is 0 Å². The van der Waals surface area contributed by atoms with E-state index in [1.54, 1.807) is 13.8 Å². The van der Waals surface area contributed by atoms with Crippen LogP contribution >= 0.6 is 0 Å². The van der Waals surface area contributed by atoms with Crippen LogP contribution in [0.15, 0.2) is 0 Å². The van der Waals surface area contributed by atoms with Gasteiger partial charge >= 0.3 is 0 Å². The van der Waals surface area contributed by atoms with Crippen molar-refractivity contribution >= 4 is 49.7 Å². The van der Waals surface area contributed by atoms with Crippen LogP contribution in [-0.4, -0.2) is 71.1 Å². The molecule has 6 nitrogen and oxygen atoms in total. The van der Waals surface area contributed by atoms with Crippen LogP contribution in [0.4, 0.5) is 0 Å². The van der Waals surface area contributed by atoms with Crippen LogP contribution < -0.4 is 10.2 Å². The van der Waals surface area contributed by atoms with Gasteiger partial charge in [0.25, 0.3) is 0 Å². The zero-order valence-electron chi connectivity index (χ0n) is 16.9. The van der Waals surface area contributed by atoms with Gasteiger partial charge in [-0.25, -0.2) is 0 Å². The fourth-order valence-electron chi connectivity index (χ4n) is 4.56. The summed E-state index contributed by atoms with van der Waals surface area (Å²) in [5, 5.41) is 41.7. The molecule has 2 fully saturated rings. The fourth-order valence-corrected chi connectivity index (χ4v) is 4.56. The maximum atomic E-state index is 10.8. The summed E-state index contributed by atoms with van der Waals surface area (Å²) >= 11 is 0. The SMILES string of the molecule is CCC(C(=O)[O-])C1(O)CCCCC1.CCC(C(=O)[O-])C1(O)CCCCC1.[Ca]. The van der Waals surface area contributed by atoms with Gasteiger partial charge in [0, 0.05) is 61.5 Å². The Hall–Kier alpha value is 0.120. The molecule has 2 radical (unpaired) electrons. The molecule has 2 rings (SSSR count). The molecule has 0 aromatic heterocycles. The number of carbonyl (C=O) groups excluding carboxylic acids is 2. The van der Waals surface area contributed by atoms with Gasteiger partial charge in [-0.3, -0.25) is 0 Å². The first kappa shape index (κ1) is 27.1. The minimum Gasteiger partial charge on any atom is -0.550 e. The molecule has 0 amide bonds. The molecule has 2 atom stereocenters. The fraction of sp³-hybridized carbons (Fsp3) is 0.900. The summed E-state index contributed by atoms with van der Waals surface area (Å²) in [6.07, 6.45) is 9.29. The molecule has 0 spiro atoms. The summed E-state index contributed by atoms with van der Waals surface area (Å²) in [5.41, 5.74) is -1.99. The maximum absolute atomic E-state index is 10.8. The molecule has 2 aliphatic rings. The molecule has 0 aromatic carbocycles. The average Bonchev–Trinajstić information content (AvgIpc) is 2.56. The van der Waals surface area contributed by atoms with E-state index < -0.39 is 35.0 Å². The number of carboxylic acid groups (broad SMARTS) is 2. The average molecular weight is 411 g/mol. The van der Waals surface area contributed by atoms with Gasteiger partial charge in [-0.05, 0) is 38.5 Å². The van der Waals surface area contributed by atoms with E-state index in [2.05, 4.69) is 0 Å². The summed E-state index contributed by atoms with van der Waals surface area (Å²) in [6.45, 7) is 3.57. The van der Waals surface area contributed by atoms with Crippen molar-refractivity contribution in [3.8, 4) is 0 Å². The number of carboxylic acids is 2. The van der Waals surface area contributed by atoms with E-state index in [1.807, 2.05) is 0 Å². The van der Waals surface area contributed by atoms with E-state index in [0.717, 1.165) is 38.5 Å². The molecule has 7 heteroatoms. The Morgan fingerprint density at radius 1 is 0.741 bits per heavy atom. The van der Waals surface area contributed by atoms with Crippen LogP contribution in [0, 0.1) is 11.8 Å². The molecule has 2 aliphatic carbocycles. The van der Waals surface area contributed by atoms with Gasteiger partial charge in [-0.1, -0.05) is 52.4 Å². The van der Waals surface area contributed by atoms with E-state index in [-0.39, 0.29) is 37.7 Å². The molecular weight excluding hydrogens is 376 g/mol. The van der Waals surface area contributed by atoms with Gasteiger partial charge < -0.3 is 30.0 Å². The number of hydrogen-bond acceptors (Lipinski definition) is 6. The summed E-state index contributed by atoms with van der Waals surface area (Å²) < 4.78 is 0. The van der Waals surface area contributed by atoms with Crippen LogP contribution in [0.3, 0.4) is 0 Å². The van der Waals surface area contributed by atoms with Crippen molar-refractivity contribution in [2.75, 3.05) is 0 Å². The molecule has 0 saturated heterocycles. The maximum Gasteiger partial charge on any atom is 0.0727 e. The van der Waals surface area contributed by atoms with Gasteiger partial charge in [0.1, 0.15) is 0 Å². The number of aliphatic hydroxyl groups is 2. The molecule has 0 bridgehead atoms. The van der Waals surface area contributed by atoms with Gasteiger partial charge in [-0.2, -0.15) is 0 Å². The van der Waals surface area contributed by atoms with Crippen molar-refractivity contribution < 1.29 is 30.0 Å². The Bertz CT molecular complexity index is 413. The third-order valence-electron chi connectivity index (χ3n) is 6.12. The molecule has 2 unspecified atom stereocenters. The van der Waals surface area contributed by atoms with Crippen LogP contribution in [0.1, 0.15) is 90.9 Å². The first-order chi connectivity index (χ1) is 12.2. The monoisotopic (exact) mass is 410 g/mol. The smallest absolute Gasteiger partial charge is 0.0727 e. The zero-order chi connectivity index (χ0) is 19.8. The standard InChI is InChI=1S/2C10H18O3.Ca/c2*1-2-8(9(11)12)10(13)6-4-3-5-7-10;/h2*8,13H,2-7H2,1H3,(H,11,12);/p-2. The van der Waals surface area contributed by atoms with Crippen molar-refractivity contribution in [2.24, 2.45) is 11.8 Å². The minimum absolute atomic E-state index is 0. The molecule has 0 heterocycles. The van der Waals surface area contributed by atoms with E-state index in [4.69, 9.17) is 0 Å². The van der Waals surface area contributed by atoms with Crippen molar-refractivity contribution in [3.63, 3.8) is 0 Å². The van der Waals surface area contributed by atoms with Gasteiger partial charge in [0.15, 0.2) is 0 Å².